The van der Waals surface area contributed by atoms with E-state index in [1.165, 1.54) is 43.4 Å². The van der Waals surface area contributed by atoms with Gasteiger partial charge in [-0.1, -0.05) is 51.9 Å². The number of nitrogens with zero attached hydrogens (tertiary/aromatic N) is 3. The van der Waals surface area contributed by atoms with Gasteiger partial charge in [-0.2, -0.15) is 0 Å². The van der Waals surface area contributed by atoms with Crippen molar-refractivity contribution in [3.8, 4) is 0 Å². The van der Waals surface area contributed by atoms with E-state index in [9.17, 15) is 14.7 Å². The van der Waals surface area contributed by atoms with Crippen molar-refractivity contribution in [2.45, 2.75) is 90.0 Å². The highest BCUT2D eigenvalue weighted by atomic mass is 32.1. The fourth-order valence-electron chi connectivity index (χ4n) is 6.42. The van der Waals surface area contributed by atoms with Crippen LogP contribution in [0.1, 0.15) is 105 Å². The van der Waals surface area contributed by atoms with Gasteiger partial charge in [0.2, 0.25) is 0 Å². The summed E-state index contributed by atoms with van der Waals surface area (Å²) in [5.74, 6) is 0.477. The Morgan fingerprint density at radius 3 is 2.61 bits per heavy atom. The molecule has 3 atom stereocenters. The maximum absolute atomic E-state index is 13.2. The molecule has 0 amide bonds. The largest absolute Gasteiger partial charge is 0.481 e. The van der Waals surface area contributed by atoms with Crippen LogP contribution in [-0.4, -0.2) is 31.4 Å². The highest BCUT2D eigenvalue weighted by Gasteiger charge is 2.29. The number of benzene rings is 1. The number of hydrogen-bond donors (Lipinski definition) is 1. The van der Waals surface area contributed by atoms with Crippen molar-refractivity contribution in [3.63, 3.8) is 0 Å². The Kier molecular flexibility index (Phi) is 7.85. The van der Waals surface area contributed by atoms with E-state index in [-0.39, 0.29) is 12.2 Å². The zero-order valence-corrected chi connectivity index (χ0v) is 22.0. The van der Waals surface area contributed by atoms with Crippen molar-refractivity contribution in [1.29, 1.82) is 0 Å². The fraction of sp³-hybridized carbons (Fsp3) is 0.586. The van der Waals surface area contributed by atoms with Gasteiger partial charge in [0, 0.05) is 35.5 Å². The molecular formula is C29H37N3O3S. The number of ketones is 1. The first-order chi connectivity index (χ1) is 17.5. The third-order valence-electron chi connectivity index (χ3n) is 8.42. The maximum Gasteiger partial charge on any atom is 0.306 e. The number of fused-ring (bicyclic) bond motifs is 1. The molecule has 2 saturated carbocycles. The zero-order valence-electron chi connectivity index (χ0n) is 21.2. The minimum Gasteiger partial charge on any atom is -0.481 e. The summed E-state index contributed by atoms with van der Waals surface area (Å²) in [5.41, 5.74) is 4.33. The SMILES string of the molecule is C[C@@H]1CCCC[C@H]1n1c(Cc2cncs2)nc2cc(C(=O)C[C@@H](CC3CCCCC3)C(=O)O)ccc21. The fourth-order valence-corrected chi connectivity index (χ4v) is 7.01. The number of Topliss-reactive ketones (excluding diaryl/α,β-unsaturated/α-hetero) is 1. The molecule has 3 aromatic rings. The molecule has 2 aliphatic carbocycles. The Morgan fingerprint density at radius 2 is 1.89 bits per heavy atom. The van der Waals surface area contributed by atoms with Gasteiger partial charge in [0.15, 0.2) is 5.78 Å². The second-order valence-electron chi connectivity index (χ2n) is 11.0. The standard InChI is InChI=1S/C29H37N3O3S/c1-19-7-5-6-10-25(19)32-26-12-11-21(14-24(26)31-28(32)16-23-17-30-18-36-23)27(33)15-22(29(34)35)13-20-8-3-2-4-9-20/h11-12,14,17-20,22,25H,2-10,13,15-16H2,1H3,(H,34,35)/t19-,22-,25-/m1/s1. The third-order valence-corrected chi connectivity index (χ3v) is 9.20. The van der Waals surface area contributed by atoms with Crippen LogP contribution in [-0.2, 0) is 11.2 Å². The Morgan fingerprint density at radius 1 is 1.11 bits per heavy atom. The van der Waals surface area contributed by atoms with Crippen LogP contribution in [0.4, 0.5) is 0 Å². The normalized spacial score (nSPS) is 22.0. The topological polar surface area (TPSA) is 85.1 Å². The van der Waals surface area contributed by atoms with E-state index in [1.54, 1.807) is 11.3 Å². The van der Waals surface area contributed by atoms with Gasteiger partial charge in [-0.3, -0.25) is 14.6 Å². The van der Waals surface area contributed by atoms with Crippen molar-refractivity contribution in [2.75, 3.05) is 0 Å². The van der Waals surface area contributed by atoms with Gasteiger partial charge >= 0.3 is 5.97 Å². The number of carboxylic acid groups (broad SMARTS) is 1. The molecule has 0 aliphatic heterocycles. The Hall–Kier alpha value is -2.54. The molecule has 36 heavy (non-hydrogen) atoms. The molecule has 0 bridgehead atoms. The van der Waals surface area contributed by atoms with E-state index in [0.29, 0.717) is 29.9 Å². The van der Waals surface area contributed by atoms with Crippen LogP contribution in [0, 0.1) is 17.8 Å². The van der Waals surface area contributed by atoms with Crippen molar-refractivity contribution >= 4 is 34.1 Å². The van der Waals surface area contributed by atoms with Gasteiger partial charge in [-0.05, 0) is 49.3 Å². The average molecular weight is 508 g/mol. The van der Waals surface area contributed by atoms with E-state index >= 15 is 0 Å². The molecule has 2 aliphatic rings. The lowest BCUT2D eigenvalue weighted by atomic mass is 9.81. The summed E-state index contributed by atoms with van der Waals surface area (Å²) in [5, 5.41) is 9.83. The number of imidazole rings is 1. The summed E-state index contributed by atoms with van der Waals surface area (Å²) < 4.78 is 2.41. The number of carbonyl (C=O) groups is 2. The second kappa shape index (κ2) is 11.2. The molecular weight excluding hydrogens is 470 g/mol. The second-order valence-corrected chi connectivity index (χ2v) is 11.9. The van der Waals surface area contributed by atoms with Gasteiger partial charge in [0.05, 0.1) is 22.5 Å². The molecule has 7 heteroatoms. The monoisotopic (exact) mass is 507 g/mol. The molecule has 1 aromatic carbocycles. The molecule has 1 N–H and O–H groups in total. The number of aliphatic carboxylic acids is 1. The smallest absolute Gasteiger partial charge is 0.306 e. The lowest BCUT2D eigenvalue weighted by Gasteiger charge is -2.31. The van der Waals surface area contributed by atoms with Gasteiger partial charge in [-0.15, -0.1) is 11.3 Å². The lowest BCUT2D eigenvalue weighted by molar-refractivity contribution is -0.142. The molecule has 0 spiro atoms. The van der Waals surface area contributed by atoms with E-state index in [4.69, 9.17) is 4.98 Å². The first-order valence-corrected chi connectivity index (χ1v) is 14.5. The summed E-state index contributed by atoms with van der Waals surface area (Å²) in [7, 11) is 0. The van der Waals surface area contributed by atoms with E-state index < -0.39 is 11.9 Å². The summed E-state index contributed by atoms with van der Waals surface area (Å²) in [4.78, 5) is 35.7. The molecule has 6 nitrogen and oxygen atoms in total. The van der Waals surface area contributed by atoms with Gasteiger partial charge in [0.25, 0.3) is 0 Å². The molecule has 0 unspecified atom stereocenters. The summed E-state index contributed by atoms with van der Waals surface area (Å²) in [6.07, 6.45) is 13.9. The average Bonchev–Trinajstić information content (AvgIpc) is 3.52. The lowest BCUT2D eigenvalue weighted by Crippen LogP contribution is -2.23. The van der Waals surface area contributed by atoms with Crippen molar-refractivity contribution < 1.29 is 14.7 Å². The number of rotatable bonds is 9. The molecule has 0 saturated heterocycles. The van der Waals surface area contributed by atoms with Crippen LogP contribution < -0.4 is 0 Å². The summed E-state index contributed by atoms with van der Waals surface area (Å²) >= 11 is 1.64. The third kappa shape index (κ3) is 5.56. The highest BCUT2D eigenvalue weighted by Crippen LogP contribution is 2.38. The maximum atomic E-state index is 13.2. The Balaban J connectivity index is 1.41. The predicted molar refractivity (Wildman–Crippen MR) is 143 cm³/mol. The van der Waals surface area contributed by atoms with Crippen LogP contribution in [0.25, 0.3) is 11.0 Å². The Labute approximate surface area is 217 Å². The molecule has 0 radical (unpaired) electrons. The van der Waals surface area contributed by atoms with Crippen molar-refractivity contribution in [1.82, 2.24) is 14.5 Å². The molecule has 5 rings (SSSR count). The number of hydrogen-bond acceptors (Lipinski definition) is 5. The zero-order chi connectivity index (χ0) is 25.1. The highest BCUT2D eigenvalue weighted by molar-refractivity contribution is 7.09. The molecule has 192 valence electrons. The number of thiazole rings is 1. The van der Waals surface area contributed by atoms with Crippen LogP contribution >= 0.6 is 11.3 Å². The summed E-state index contributed by atoms with van der Waals surface area (Å²) in [6, 6.07) is 6.20. The Bertz CT molecular complexity index is 1200. The van der Waals surface area contributed by atoms with Crippen LogP contribution in [0.3, 0.4) is 0 Å². The molecule has 2 fully saturated rings. The minimum atomic E-state index is -0.850. The van der Waals surface area contributed by atoms with Crippen LogP contribution in [0.15, 0.2) is 29.9 Å². The first kappa shape index (κ1) is 25.1. The number of carboxylic acids is 1. The first-order valence-electron chi connectivity index (χ1n) is 13.6. The van der Waals surface area contributed by atoms with E-state index in [0.717, 1.165) is 42.5 Å². The van der Waals surface area contributed by atoms with Gasteiger partial charge < -0.3 is 9.67 Å². The van der Waals surface area contributed by atoms with E-state index in [1.807, 2.05) is 29.9 Å². The minimum absolute atomic E-state index is 0.0609. The van der Waals surface area contributed by atoms with Crippen molar-refractivity contribution in [2.24, 2.45) is 17.8 Å². The quantitative estimate of drug-likeness (QED) is 0.313. The predicted octanol–water partition coefficient (Wildman–Crippen LogP) is 7.08. The van der Waals surface area contributed by atoms with Crippen LogP contribution in [0.2, 0.25) is 0 Å². The summed E-state index contributed by atoms with van der Waals surface area (Å²) in [6.45, 7) is 2.34. The van der Waals surface area contributed by atoms with Gasteiger partial charge in [0.1, 0.15) is 5.82 Å². The van der Waals surface area contributed by atoms with Crippen LogP contribution in [0.5, 0.6) is 0 Å². The molecule has 2 heterocycles. The van der Waals surface area contributed by atoms with Gasteiger partial charge in [-0.25, -0.2) is 4.98 Å². The number of carbonyl (C=O) groups excluding carboxylic acids is 1. The number of aromatic nitrogens is 3. The van der Waals surface area contributed by atoms with Crippen molar-refractivity contribution in [3.05, 3.63) is 46.2 Å². The van der Waals surface area contributed by atoms with E-state index in [2.05, 4.69) is 16.5 Å². The molecule has 2 aromatic heterocycles.